The third-order valence-corrected chi connectivity index (χ3v) is 3.64. The van der Waals surface area contributed by atoms with E-state index in [-0.39, 0.29) is 17.9 Å². The van der Waals surface area contributed by atoms with Crippen molar-refractivity contribution in [3.8, 4) is 0 Å². The number of carbonyl (C=O) groups excluding carboxylic acids is 1. The highest BCUT2D eigenvalue weighted by molar-refractivity contribution is 5.76. The summed E-state index contributed by atoms with van der Waals surface area (Å²) in [4.78, 5) is 13.7. The minimum atomic E-state index is -0.344. The monoisotopic (exact) mass is 242 g/mol. The van der Waals surface area contributed by atoms with Crippen molar-refractivity contribution < 1.29 is 9.90 Å². The first kappa shape index (κ1) is 14.5. The second kappa shape index (κ2) is 6.97. The minimum absolute atomic E-state index is 0.184. The molecule has 0 saturated carbocycles. The molecular formula is C13H26N2O2. The number of amides is 1. The number of carbonyl (C=O) groups is 1. The number of likely N-dealkylation sites (tertiary alicyclic amines) is 1. The van der Waals surface area contributed by atoms with Gasteiger partial charge in [-0.2, -0.15) is 0 Å². The van der Waals surface area contributed by atoms with Gasteiger partial charge in [0.15, 0.2) is 0 Å². The fourth-order valence-electron chi connectivity index (χ4n) is 2.43. The lowest BCUT2D eigenvalue weighted by Crippen LogP contribution is -2.29. The van der Waals surface area contributed by atoms with Gasteiger partial charge in [-0.05, 0) is 25.3 Å². The van der Waals surface area contributed by atoms with E-state index in [4.69, 9.17) is 5.73 Å². The second-order valence-corrected chi connectivity index (χ2v) is 5.37. The highest BCUT2D eigenvalue weighted by atomic mass is 16.3. The Morgan fingerprint density at radius 1 is 1.35 bits per heavy atom. The number of rotatable bonds is 6. The molecule has 0 aromatic rings. The summed E-state index contributed by atoms with van der Waals surface area (Å²) in [6.07, 6.45) is 3.17. The van der Waals surface area contributed by atoms with Crippen molar-refractivity contribution in [1.29, 1.82) is 0 Å². The summed E-state index contributed by atoms with van der Waals surface area (Å²) in [7, 11) is 0. The molecule has 4 heteroatoms. The van der Waals surface area contributed by atoms with Crippen LogP contribution in [0.2, 0.25) is 0 Å². The lowest BCUT2D eigenvalue weighted by atomic mass is 9.93. The molecule has 1 fully saturated rings. The molecule has 2 unspecified atom stereocenters. The molecule has 2 atom stereocenters. The van der Waals surface area contributed by atoms with Gasteiger partial charge in [0.05, 0.1) is 6.10 Å². The molecule has 0 aromatic heterocycles. The Kier molecular flexibility index (Phi) is 5.92. The maximum Gasteiger partial charge on any atom is 0.222 e. The summed E-state index contributed by atoms with van der Waals surface area (Å²) < 4.78 is 0. The number of β-amino-alcohol motifs (C(OH)–C–C–N with tert-alkyl or cyclic N) is 1. The third kappa shape index (κ3) is 4.28. The van der Waals surface area contributed by atoms with Crippen LogP contribution in [0.3, 0.4) is 0 Å². The zero-order valence-electron chi connectivity index (χ0n) is 11.1. The average molecular weight is 242 g/mol. The van der Waals surface area contributed by atoms with Crippen molar-refractivity contribution in [1.82, 2.24) is 4.90 Å². The molecule has 0 radical (unpaired) electrons. The second-order valence-electron chi connectivity index (χ2n) is 5.37. The van der Waals surface area contributed by atoms with E-state index in [1.165, 1.54) is 0 Å². The molecule has 100 valence electrons. The van der Waals surface area contributed by atoms with Crippen LogP contribution >= 0.6 is 0 Å². The first-order valence-corrected chi connectivity index (χ1v) is 6.72. The van der Waals surface area contributed by atoms with Gasteiger partial charge in [0.25, 0.3) is 0 Å². The van der Waals surface area contributed by atoms with E-state index in [1.807, 2.05) is 4.90 Å². The Bertz CT molecular complexity index is 244. The molecule has 1 rings (SSSR count). The van der Waals surface area contributed by atoms with Gasteiger partial charge in [-0.15, -0.1) is 0 Å². The maximum atomic E-state index is 11.9. The largest absolute Gasteiger partial charge is 0.391 e. The summed E-state index contributed by atoms with van der Waals surface area (Å²) in [6.45, 7) is 6.13. The van der Waals surface area contributed by atoms with E-state index in [1.54, 1.807) is 0 Å². The van der Waals surface area contributed by atoms with Gasteiger partial charge >= 0.3 is 0 Å². The van der Waals surface area contributed by atoms with E-state index in [9.17, 15) is 9.90 Å². The van der Waals surface area contributed by atoms with Crippen molar-refractivity contribution in [3.05, 3.63) is 0 Å². The molecule has 0 aliphatic carbocycles. The maximum absolute atomic E-state index is 11.9. The van der Waals surface area contributed by atoms with Crippen LogP contribution < -0.4 is 5.73 Å². The van der Waals surface area contributed by atoms with Gasteiger partial charge in [-0.25, -0.2) is 0 Å². The normalized spacial score (nSPS) is 24.6. The number of aliphatic hydroxyl groups is 1. The van der Waals surface area contributed by atoms with Crippen LogP contribution in [0.1, 0.15) is 39.5 Å². The molecule has 3 N–H and O–H groups in total. The van der Waals surface area contributed by atoms with Crippen molar-refractivity contribution in [2.45, 2.75) is 45.6 Å². The summed E-state index contributed by atoms with van der Waals surface area (Å²) in [5.74, 6) is 0.854. The molecule has 1 aliphatic rings. The van der Waals surface area contributed by atoms with Gasteiger partial charge in [-0.1, -0.05) is 20.3 Å². The molecule has 1 amide bonds. The van der Waals surface area contributed by atoms with Crippen LogP contribution in [0.4, 0.5) is 0 Å². The number of nitrogens with two attached hydrogens (primary N) is 1. The highest BCUT2D eigenvalue weighted by Crippen LogP contribution is 2.24. The van der Waals surface area contributed by atoms with Crippen LogP contribution in [-0.2, 0) is 4.79 Å². The predicted molar refractivity (Wildman–Crippen MR) is 68.4 cm³/mol. The lowest BCUT2D eigenvalue weighted by molar-refractivity contribution is -0.130. The minimum Gasteiger partial charge on any atom is -0.391 e. The van der Waals surface area contributed by atoms with E-state index in [0.717, 1.165) is 19.3 Å². The Morgan fingerprint density at radius 2 is 2.06 bits per heavy atom. The topological polar surface area (TPSA) is 66.6 Å². The van der Waals surface area contributed by atoms with Crippen LogP contribution in [0.15, 0.2) is 0 Å². The van der Waals surface area contributed by atoms with Crippen molar-refractivity contribution in [2.24, 2.45) is 17.6 Å². The number of nitrogens with zero attached hydrogens (tertiary/aromatic N) is 1. The molecule has 0 bridgehead atoms. The molecule has 17 heavy (non-hydrogen) atoms. The Morgan fingerprint density at radius 3 is 2.59 bits per heavy atom. The molecule has 1 saturated heterocycles. The molecule has 1 aliphatic heterocycles. The number of hydrogen-bond acceptors (Lipinski definition) is 3. The van der Waals surface area contributed by atoms with Gasteiger partial charge in [0, 0.05) is 25.4 Å². The van der Waals surface area contributed by atoms with Crippen molar-refractivity contribution in [3.63, 3.8) is 0 Å². The Labute approximate surface area is 104 Å². The van der Waals surface area contributed by atoms with Crippen LogP contribution in [0.25, 0.3) is 0 Å². The quantitative estimate of drug-likeness (QED) is 0.682. The fraction of sp³-hybridized carbons (Fsp3) is 0.923. The highest BCUT2D eigenvalue weighted by Gasteiger charge is 2.35. The molecular weight excluding hydrogens is 216 g/mol. The molecule has 0 spiro atoms. The van der Waals surface area contributed by atoms with E-state index in [0.29, 0.717) is 32.0 Å². The zero-order chi connectivity index (χ0) is 12.8. The lowest BCUT2D eigenvalue weighted by Gasteiger charge is -2.18. The van der Waals surface area contributed by atoms with Crippen molar-refractivity contribution >= 4 is 5.91 Å². The fourth-order valence-corrected chi connectivity index (χ4v) is 2.43. The number of hydrogen-bond donors (Lipinski definition) is 2. The predicted octanol–water partition coefficient (Wildman–Crippen LogP) is 0.981. The smallest absolute Gasteiger partial charge is 0.222 e. The molecule has 1 heterocycles. The van der Waals surface area contributed by atoms with Gasteiger partial charge in [0.2, 0.25) is 5.91 Å². The van der Waals surface area contributed by atoms with Gasteiger partial charge in [-0.3, -0.25) is 4.79 Å². The zero-order valence-corrected chi connectivity index (χ0v) is 11.1. The first-order chi connectivity index (χ1) is 8.06. The summed E-state index contributed by atoms with van der Waals surface area (Å²) >= 11 is 0. The third-order valence-electron chi connectivity index (χ3n) is 3.64. The van der Waals surface area contributed by atoms with Crippen LogP contribution in [0, 0.1) is 11.8 Å². The van der Waals surface area contributed by atoms with Gasteiger partial charge < -0.3 is 15.7 Å². The Balaban J connectivity index is 2.29. The SMILES string of the molecule is CC(C)C1CN(C(=O)CCCCCN)CC1O. The van der Waals surface area contributed by atoms with Gasteiger partial charge in [0.1, 0.15) is 0 Å². The first-order valence-electron chi connectivity index (χ1n) is 6.72. The van der Waals surface area contributed by atoms with E-state index in [2.05, 4.69) is 13.8 Å². The van der Waals surface area contributed by atoms with E-state index >= 15 is 0 Å². The van der Waals surface area contributed by atoms with E-state index < -0.39 is 0 Å². The van der Waals surface area contributed by atoms with Crippen LogP contribution in [-0.4, -0.2) is 41.7 Å². The Hall–Kier alpha value is -0.610. The summed E-state index contributed by atoms with van der Waals surface area (Å²) in [5, 5.41) is 9.88. The number of aliphatic hydroxyl groups excluding tert-OH is 1. The summed E-state index contributed by atoms with van der Waals surface area (Å²) in [6, 6.07) is 0. The molecule has 0 aromatic carbocycles. The van der Waals surface area contributed by atoms with Crippen molar-refractivity contribution in [2.75, 3.05) is 19.6 Å². The van der Waals surface area contributed by atoms with Crippen LogP contribution in [0.5, 0.6) is 0 Å². The standard InChI is InChI=1S/C13H26N2O2/c1-10(2)11-8-15(9-12(11)16)13(17)6-4-3-5-7-14/h10-12,16H,3-9,14H2,1-2H3. The average Bonchev–Trinajstić information content (AvgIpc) is 2.66. The molecule has 4 nitrogen and oxygen atoms in total. The summed E-state index contributed by atoms with van der Waals surface area (Å²) in [5.41, 5.74) is 5.41. The number of unbranched alkanes of at least 4 members (excludes halogenated alkanes) is 2.